The smallest absolute Gasteiger partial charge is 0.227 e. The van der Waals surface area contributed by atoms with E-state index in [4.69, 9.17) is 4.42 Å². The number of benzene rings is 1. The first-order chi connectivity index (χ1) is 8.20. The summed E-state index contributed by atoms with van der Waals surface area (Å²) in [6, 6.07) is 4.42. The van der Waals surface area contributed by atoms with Crippen LogP contribution in [0.1, 0.15) is 12.6 Å². The number of rotatable bonds is 4. The highest BCUT2D eigenvalue weighted by atomic mass is 79.9. The van der Waals surface area contributed by atoms with Crippen LogP contribution in [0.3, 0.4) is 0 Å². The molecule has 5 heteroatoms. The molecule has 1 heterocycles. The summed E-state index contributed by atoms with van der Waals surface area (Å²) in [5.74, 6) is 0.110. The molecule has 2 rings (SSSR count). The van der Waals surface area contributed by atoms with Crippen molar-refractivity contribution in [3.63, 3.8) is 0 Å². The third kappa shape index (κ3) is 2.92. The molecule has 0 unspecified atom stereocenters. The Morgan fingerprint density at radius 2 is 2.29 bits per heavy atom. The fourth-order valence-electron chi connectivity index (χ4n) is 1.43. The zero-order chi connectivity index (χ0) is 12.3. The minimum Gasteiger partial charge on any atom is -0.444 e. The third-order valence-electron chi connectivity index (χ3n) is 2.27. The highest BCUT2D eigenvalue weighted by Gasteiger charge is 2.11. The molecule has 0 fully saturated rings. The summed E-state index contributed by atoms with van der Waals surface area (Å²) in [5, 5.41) is 3.15. The molecule has 0 aliphatic heterocycles. The van der Waals surface area contributed by atoms with Gasteiger partial charge in [0, 0.05) is 11.0 Å². The second kappa shape index (κ2) is 5.42. The minimum atomic E-state index is -0.311. The number of oxazole rings is 1. The first kappa shape index (κ1) is 12.3. The lowest BCUT2D eigenvalue weighted by molar-refractivity contribution is 0.568. The topological polar surface area (TPSA) is 38.1 Å². The summed E-state index contributed by atoms with van der Waals surface area (Å²) in [6.45, 7) is 3.53. The molecule has 0 radical (unpaired) electrons. The fraction of sp³-hybridized carbons (Fsp3) is 0.250. The second-order valence-corrected chi connectivity index (χ2v) is 4.40. The van der Waals surface area contributed by atoms with Gasteiger partial charge in [-0.15, -0.1) is 0 Å². The van der Waals surface area contributed by atoms with E-state index in [0.29, 0.717) is 18.0 Å². The van der Waals surface area contributed by atoms with Crippen LogP contribution in [0.25, 0.3) is 11.5 Å². The first-order valence-corrected chi connectivity index (χ1v) is 6.10. The lowest BCUT2D eigenvalue weighted by Crippen LogP contribution is -2.11. The van der Waals surface area contributed by atoms with E-state index in [-0.39, 0.29) is 5.82 Å². The van der Waals surface area contributed by atoms with Gasteiger partial charge >= 0.3 is 0 Å². The van der Waals surface area contributed by atoms with E-state index in [1.807, 2.05) is 6.92 Å². The summed E-state index contributed by atoms with van der Waals surface area (Å²) >= 11 is 3.35. The number of halogens is 2. The van der Waals surface area contributed by atoms with E-state index >= 15 is 0 Å². The molecule has 0 saturated heterocycles. The molecule has 17 heavy (non-hydrogen) atoms. The standard InChI is InChI=1S/C12H12BrFN2O/c1-2-15-6-9-7-17-12(16-9)10-5-8(14)3-4-11(10)13/h3-5,7,15H,2,6H2,1H3. The molecule has 1 N–H and O–H groups in total. The lowest BCUT2D eigenvalue weighted by Gasteiger charge is -1.99. The van der Waals surface area contributed by atoms with Crippen molar-refractivity contribution in [1.29, 1.82) is 0 Å². The van der Waals surface area contributed by atoms with Crippen molar-refractivity contribution in [2.24, 2.45) is 0 Å². The molecule has 0 saturated carbocycles. The zero-order valence-electron chi connectivity index (χ0n) is 9.34. The summed E-state index contributed by atoms with van der Waals surface area (Å²) < 4.78 is 19.2. The van der Waals surface area contributed by atoms with Crippen molar-refractivity contribution in [3.05, 3.63) is 40.4 Å². The summed E-state index contributed by atoms with van der Waals surface area (Å²) in [6.07, 6.45) is 1.58. The second-order valence-electron chi connectivity index (χ2n) is 3.55. The van der Waals surface area contributed by atoms with Crippen molar-refractivity contribution in [1.82, 2.24) is 10.3 Å². The van der Waals surface area contributed by atoms with Crippen molar-refractivity contribution in [2.75, 3.05) is 6.54 Å². The minimum absolute atomic E-state index is 0.311. The molecule has 0 aliphatic carbocycles. The van der Waals surface area contributed by atoms with Crippen LogP contribution in [-0.4, -0.2) is 11.5 Å². The quantitative estimate of drug-likeness (QED) is 0.941. The van der Waals surface area contributed by atoms with Crippen LogP contribution < -0.4 is 5.32 Å². The van der Waals surface area contributed by atoms with Gasteiger partial charge in [0.05, 0.1) is 11.3 Å². The van der Waals surface area contributed by atoms with Gasteiger partial charge in [-0.2, -0.15) is 0 Å². The average molecular weight is 299 g/mol. The Balaban J connectivity index is 2.27. The van der Waals surface area contributed by atoms with Crippen molar-refractivity contribution in [2.45, 2.75) is 13.5 Å². The molecular weight excluding hydrogens is 287 g/mol. The summed E-state index contributed by atoms with van der Waals surface area (Å²) in [7, 11) is 0. The van der Waals surface area contributed by atoms with Gasteiger partial charge in [0.1, 0.15) is 12.1 Å². The van der Waals surface area contributed by atoms with Gasteiger partial charge in [0.15, 0.2) is 0 Å². The Hall–Kier alpha value is -1.20. The molecule has 3 nitrogen and oxygen atoms in total. The molecule has 1 aromatic carbocycles. The largest absolute Gasteiger partial charge is 0.444 e. The number of nitrogens with zero attached hydrogens (tertiary/aromatic N) is 1. The van der Waals surface area contributed by atoms with Crippen LogP contribution in [0.5, 0.6) is 0 Å². The molecule has 0 amide bonds. The van der Waals surface area contributed by atoms with E-state index < -0.39 is 0 Å². The van der Waals surface area contributed by atoms with Crippen LogP contribution in [0, 0.1) is 5.82 Å². The van der Waals surface area contributed by atoms with E-state index in [1.54, 1.807) is 12.3 Å². The first-order valence-electron chi connectivity index (χ1n) is 5.31. The van der Waals surface area contributed by atoms with Gasteiger partial charge in [-0.3, -0.25) is 0 Å². The summed E-state index contributed by atoms with van der Waals surface area (Å²) in [4.78, 5) is 4.29. The van der Waals surface area contributed by atoms with Gasteiger partial charge < -0.3 is 9.73 Å². The maximum atomic E-state index is 13.1. The van der Waals surface area contributed by atoms with Crippen molar-refractivity contribution in [3.8, 4) is 11.5 Å². The SMILES string of the molecule is CCNCc1coc(-c2cc(F)ccc2Br)n1. The molecular formula is C12H12BrFN2O. The average Bonchev–Trinajstić information content (AvgIpc) is 2.78. The number of hydrogen-bond donors (Lipinski definition) is 1. The highest BCUT2D eigenvalue weighted by molar-refractivity contribution is 9.10. The molecule has 1 aromatic heterocycles. The van der Waals surface area contributed by atoms with Gasteiger partial charge in [0.25, 0.3) is 0 Å². The molecule has 0 bridgehead atoms. The van der Waals surface area contributed by atoms with E-state index in [0.717, 1.165) is 16.7 Å². The van der Waals surface area contributed by atoms with Gasteiger partial charge in [-0.05, 0) is 40.7 Å². The van der Waals surface area contributed by atoms with Crippen LogP contribution in [0.15, 0.2) is 33.4 Å². The van der Waals surface area contributed by atoms with Crippen LogP contribution in [0.2, 0.25) is 0 Å². The Kier molecular flexibility index (Phi) is 3.91. The van der Waals surface area contributed by atoms with E-state index in [9.17, 15) is 4.39 Å². The molecule has 0 aliphatic rings. The normalized spacial score (nSPS) is 10.8. The van der Waals surface area contributed by atoms with Gasteiger partial charge in [-0.1, -0.05) is 6.92 Å². The molecule has 0 spiro atoms. The Bertz CT molecular complexity index is 513. The van der Waals surface area contributed by atoms with E-state index in [1.165, 1.54) is 12.1 Å². The molecule has 2 aromatic rings. The van der Waals surface area contributed by atoms with Crippen LogP contribution in [-0.2, 0) is 6.54 Å². The van der Waals surface area contributed by atoms with Crippen LogP contribution >= 0.6 is 15.9 Å². The van der Waals surface area contributed by atoms with Gasteiger partial charge in [0.2, 0.25) is 5.89 Å². The fourth-order valence-corrected chi connectivity index (χ4v) is 1.84. The van der Waals surface area contributed by atoms with Crippen molar-refractivity contribution >= 4 is 15.9 Å². The zero-order valence-corrected chi connectivity index (χ0v) is 10.9. The summed E-state index contributed by atoms with van der Waals surface area (Å²) in [5.41, 5.74) is 1.42. The number of hydrogen-bond acceptors (Lipinski definition) is 3. The predicted octanol–water partition coefficient (Wildman–Crippen LogP) is 3.35. The Labute approximate surface area is 107 Å². The molecule has 0 atom stereocenters. The lowest BCUT2D eigenvalue weighted by atomic mass is 10.2. The Morgan fingerprint density at radius 1 is 1.47 bits per heavy atom. The maximum absolute atomic E-state index is 13.1. The van der Waals surface area contributed by atoms with E-state index in [2.05, 4.69) is 26.2 Å². The van der Waals surface area contributed by atoms with Crippen LogP contribution in [0.4, 0.5) is 4.39 Å². The third-order valence-corrected chi connectivity index (χ3v) is 2.96. The number of aromatic nitrogens is 1. The highest BCUT2D eigenvalue weighted by Crippen LogP contribution is 2.28. The van der Waals surface area contributed by atoms with Gasteiger partial charge in [-0.25, -0.2) is 9.37 Å². The maximum Gasteiger partial charge on any atom is 0.227 e. The van der Waals surface area contributed by atoms with Crippen molar-refractivity contribution < 1.29 is 8.81 Å². The monoisotopic (exact) mass is 298 g/mol. The Morgan fingerprint density at radius 3 is 3.06 bits per heavy atom. The number of nitrogens with one attached hydrogen (secondary N) is 1. The molecule has 90 valence electrons. The predicted molar refractivity (Wildman–Crippen MR) is 67.0 cm³/mol.